The standard InChI is InChI=1S/C8H16N2.ClH/c1-7-6-10-4-2-3-8(10)5-9-7;/h7-9H,2-6H2,1H3;1H/t7-,8+;/m0./s1. The van der Waals surface area contributed by atoms with Crippen molar-refractivity contribution in [3.05, 3.63) is 0 Å². The molecule has 0 aromatic carbocycles. The maximum atomic E-state index is 3.51. The Kier molecular flexibility index (Phi) is 3.16. The fraction of sp³-hybridized carbons (Fsp3) is 1.00. The smallest absolute Gasteiger partial charge is 0.0221 e. The van der Waals surface area contributed by atoms with Gasteiger partial charge in [-0.15, -0.1) is 12.4 Å². The monoisotopic (exact) mass is 176 g/mol. The minimum atomic E-state index is 0. The predicted octanol–water partition coefficient (Wildman–Crippen LogP) is 0.864. The first-order chi connectivity index (χ1) is 4.86. The number of nitrogens with zero attached hydrogens (tertiary/aromatic N) is 1. The van der Waals surface area contributed by atoms with Crippen LogP contribution in [0.3, 0.4) is 0 Å². The summed E-state index contributed by atoms with van der Waals surface area (Å²) in [4.78, 5) is 2.63. The van der Waals surface area contributed by atoms with E-state index in [1.54, 1.807) is 0 Å². The molecule has 2 fully saturated rings. The molecule has 2 rings (SSSR count). The Hall–Kier alpha value is 0.210. The molecule has 1 N–H and O–H groups in total. The Bertz CT molecular complexity index is 129. The Morgan fingerprint density at radius 2 is 2.27 bits per heavy atom. The SMILES string of the molecule is C[C@H]1CN2CCC[C@@H]2CN1.Cl. The number of hydrogen-bond donors (Lipinski definition) is 1. The minimum absolute atomic E-state index is 0. The van der Waals surface area contributed by atoms with Gasteiger partial charge in [-0.25, -0.2) is 0 Å². The van der Waals surface area contributed by atoms with Crippen molar-refractivity contribution in [2.45, 2.75) is 31.8 Å². The van der Waals surface area contributed by atoms with Crippen LogP contribution in [0, 0.1) is 0 Å². The highest BCUT2D eigenvalue weighted by atomic mass is 35.5. The van der Waals surface area contributed by atoms with E-state index < -0.39 is 0 Å². The van der Waals surface area contributed by atoms with Crippen molar-refractivity contribution >= 4 is 12.4 Å². The molecule has 66 valence electrons. The van der Waals surface area contributed by atoms with Gasteiger partial charge in [0.1, 0.15) is 0 Å². The Labute approximate surface area is 74.7 Å². The second kappa shape index (κ2) is 3.74. The number of fused-ring (bicyclic) bond motifs is 1. The largest absolute Gasteiger partial charge is 0.311 e. The molecule has 2 saturated heterocycles. The Morgan fingerprint density at radius 3 is 3.09 bits per heavy atom. The van der Waals surface area contributed by atoms with E-state index in [9.17, 15) is 0 Å². The van der Waals surface area contributed by atoms with Crippen molar-refractivity contribution in [1.82, 2.24) is 10.2 Å². The molecule has 0 aliphatic carbocycles. The van der Waals surface area contributed by atoms with Gasteiger partial charge in [0.15, 0.2) is 0 Å². The first-order valence-electron chi connectivity index (χ1n) is 4.33. The van der Waals surface area contributed by atoms with Crippen molar-refractivity contribution < 1.29 is 0 Å². The van der Waals surface area contributed by atoms with Gasteiger partial charge in [0.25, 0.3) is 0 Å². The Morgan fingerprint density at radius 1 is 1.45 bits per heavy atom. The Balaban J connectivity index is 0.000000605. The van der Waals surface area contributed by atoms with E-state index in [0.717, 1.165) is 6.04 Å². The van der Waals surface area contributed by atoms with Crippen molar-refractivity contribution in [2.24, 2.45) is 0 Å². The molecule has 3 heteroatoms. The number of rotatable bonds is 0. The highest BCUT2D eigenvalue weighted by Gasteiger charge is 2.28. The molecule has 2 aliphatic rings. The van der Waals surface area contributed by atoms with Crippen LogP contribution in [0.25, 0.3) is 0 Å². The maximum absolute atomic E-state index is 3.51. The quantitative estimate of drug-likeness (QED) is 0.589. The second-order valence-corrected chi connectivity index (χ2v) is 3.60. The number of piperazine rings is 1. The predicted molar refractivity (Wildman–Crippen MR) is 49.3 cm³/mol. The van der Waals surface area contributed by atoms with E-state index in [0.29, 0.717) is 6.04 Å². The van der Waals surface area contributed by atoms with Gasteiger partial charge in [0.05, 0.1) is 0 Å². The van der Waals surface area contributed by atoms with E-state index in [4.69, 9.17) is 0 Å². The molecule has 2 atom stereocenters. The van der Waals surface area contributed by atoms with Crippen LogP contribution in [0.2, 0.25) is 0 Å². The summed E-state index contributed by atoms with van der Waals surface area (Å²) in [5, 5.41) is 3.51. The van der Waals surface area contributed by atoms with Gasteiger partial charge in [-0.3, -0.25) is 4.90 Å². The molecule has 0 aromatic rings. The summed E-state index contributed by atoms with van der Waals surface area (Å²) in [7, 11) is 0. The van der Waals surface area contributed by atoms with E-state index in [1.165, 1.54) is 32.5 Å². The van der Waals surface area contributed by atoms with Crippen LogP contribution in [0.1, 0.15) is 19.8 Å². The third-order valence-electron chi connectivity index (χ3n) is 2.71. The van der Waals surface area contributed by atoms with Crippen LogP contribution in [-0.2, 0) is 0 Å². The lowest BCUT2D eigenvalue weighted by Crippen LogP contribution is -2.52. The van der Waals surface area contributed by atoms with Crippen molar-refractivity contribution in [3.8, 4) is 0 Å². The fourth-order valence-electron chi connectivity index (χ4n) is 2.12. The van der Waals surface area contributed by atoms with E-state index in [1.807, 2.05) is 0 Å². The minimum Gasteiger partial charge on any atom is -0.311 e. The third-order valence-corrected chi connectivity index (χ3v) is 2.71. The van der Waals surface area contributed by atoms with Crippen molar-refractivity contribution in [2.75, 3.05) is 19.6 Å². The molecule has 0 bridgehead atoms. The molecule has 0 unspecified atom stereocenters. The summed E-state index contributed by atoms with van der Waals surface area (Å²) in [5.74, 6) is 0. The highest BCUT2D eigenvalue weighted by Crippen LogP contribution is 2.19. The van der Waals surface area contributed by atoms with Gasteiger partial charge in [-0.05, 0) is 26.3 Å². The number of hydrogen-bond acceptors (Lipinski definition) is 2. The van der Waals surface area contributed by atoms with Gasteiger partial charge in [0.2, 0.25) is 0 Å². The third kappa shape index (κ3) is 1.86. The molecule has 0 aromatic heterocycles. The van der Waals surface area contributed by atoms with Crippen LogP contribution >= 0.6 is 12.4 Å². The lowest BCUT2D eigenvalue weighted by molar-refractivity contribution is 0.180. The summed E-state index contributed by atoms with van der Waals surface area (Å²) in [6.45, 7) is 6.11. The molecule has 2 nitrogen and oxygen atoms in total. The average molecular weight is 177 g/mol. The molecule has 2 heterocycles. The molecule has 2 aliphatic heterocycles. The summed E-state index contributed by atoms with van der Waals surface area (Å²) < 4.78 is 0. The maximum Gasteiger partial charge on any atom is 0.0221 e. The fourth-order valence-corrected chi connectivity index (χ4v) is 2.12. The second-order valence-electron chi connectivity index (χ2n) is 3.60. The summed E-state index contributed by atoms with van der Waals surface area (Å²) in [6, 6.07) is 1.59. The molecular weight excluding hydrogens is 160 g/mol. The number of halogens is 1. The average Bonchev–Trinajstić information content (AvgIpc) is 2.33. The molecule has 0 saturated carbocycles. The van der Waals surface area contributed by atoms with Crippen molar-refractivity contribution in [3.63, 3.8) is 0 Å². The van der Waals surface area contributed by atoms with Gasteiger partial charge in [-0.1, -0.05) is 0 Å². The summed E-state index contributed by atoms with van der Waals surface area (Å²) >= 11 is 0. The molecule has 11 heavy (non-hydrogen) atoms. The van der Waals surface area contributed by atoms with E-state index in [-0.39, 0.29) is 12.4 Å². The van der Waals surface area contributed by atoms with Crippen LogP contribution in [0.4, 0.5) is 0 Å². The van der Waals surface area contributed by atoms with Gasteiger partial charge in [-0.2, -0.15) is 0 Å². The van der Waals surface area contributed by atoms with E-state index >= 15 is 0 Å². The van der Waals surface area contributed by atoms with Gasteiger partial charge in [0, 0.05) is 25.2 Å². The molecule has 0 amide bonds. The zero-order chi connectivity index (χ0) is 6.97. The van der Waals surface area contributed by atoms with Gasteiger partial charge >= 0.3 is 0 Å². The molecule has 0 spiro atoms. The molecule has 0 radical (unpaired) electrons. The zero-order valence-corrected chi connectivity index (χ0v) is 7.86. The van der Waals surface area contributed by atoms with Crippen molar-refractivity contribution in [1.29, 1.82) is 0 Å². The molecular formula is C8H17ClN2. The van der Waals surface area contributed by atoms with Crippen LogP contribution in [0.5, 0.6) is 0 Å². The first-order valence-corrected chi connectivity index (χ1v) is 4.33. The highest BCUT2D eigenvalue weighted by molar-refractivity contribution is 5.85. The van der Waals surface area contributed by atoms with Crippen LogP contribution in [0.15, 0.2) is 0 Å². The normalized spacial score (nSPS) is 37.9. The lowest BCUT2D eigenvalue weighted by atomic mass is 10.1. The van der Waals surface area contributed by atoms with Crippen LogP contribution < -0.4 is 5.32 Å². The van der Waals surface area contributed by atoms with Crippen LogP contribution in [-0.4, -0.2) is 36.6 Å². The first kappa shape index (κ1) is 9.30. The van der Waals surface area contributed by atoms with E-state index in [2.05, 4.69) is 17.1 Å². The van der Waals surface area contributed by atoms with Gasteiger partial charge < -0.3 is 5.32 Å². The summed E-state index contributed by atoms with van der Waals surface area (Å²) in [5.41, 5.74) is 0. The lowest BCUT2D eigenvalue weighted by Gasteiger charge is -2.34. The summed E-state index contributed by atoms with van der Waals surface area (Å²) in [6.07, 6.45) is 2.83. The number of nitrogens with one attached hydrogen (secondary N) is 1. The topological polar surface area (TPSA) is 15.3 Å². The zero-order valence-electron chi connectivity index (χ0n) is 7.05.